The summed E-state index contributed by atoms with van der Waals surface area (Å²) in [5, 5.41) is 7.27. The molecule has 3 nitrogen and oxygen atoms in total. The lowest BCUT2D eigenvalue weighted by molar-refractivity contribution is 0.319. The van der Waals surface area contributed by atoms with Gasteiger partial charge in [-0.3, -0.25) is 0 Å². The number of hydrogen-bond donors (Lipinski definition) is 0. The summed E-state index contributed by atoms with van der Waals surface area (Å²) in [7, 11) is -2.37. The van der Waals surface area contributed by atoms with E-state index in [-0.39, 0.29) is 0 Å². The van der Waals surface area contributed by atoms with Crippen molar-refractivity contribution in [1.29, 1.82) is 0 Å². The molecule has 0 saturated heterocycles. The van der Waals surface area contributed by atoms with Crippen LogP contribution in [0.5, 0.6) is 0 Å². The molecule has 0 saturated carbocycles. The maximum atomic E-state index is 6.49. The number of aromatic nitrogens is 1. The SMILES string of the molecule is C(=N\O[Si](Cc1ccccc1)(Cc1ccccc1)Cc1ccccc1)/c1nccs1. The quantitative estimate of drug-likeness (QED) is 0.192. The average molecular weight is 429 g/mol. The summed E-state index contributed by atoms with van der Waals surface area (Å²) < 4.78 is 6.49. The third-order valence-electron chi connectivity index (χ3n) is 4.97. The van der Waals surface area contributed by atoms with Gasteiger partial charge in [0.25, 0.3) is 8.32 Å². The Labute approximate surface area is 182 Å². The summed E-state index contributed by atoms with van der Waals surface area (Å²) in [5.74, 6) is 0. The van der Waals surface area contributed by atoms with E-state index in [1.54, 1.807) is 23.7 Å². The molecule has 3 aromatic carbocycles. The van der Waals surface area contributed by atoms with Gasteiger partial charge < -0.3 is 4.53 Å². The van der Waals surface area contributed by atoms with Crippen molar-refractivity contribution >= 4 is 25.9 Å². The van der Waals surface area contributed by atoms with Gasteiger partial charge in [0.1, 0.15) is 11.2 Å². The first-order valence-corrected chi connectivity index (χ1v) is 13.5. The zero-order chi connectivity index (χ0) is 20.5. The van der Waals surface area contributed by atoms with Crippen LogP contribution in [0, 0.1) is 0 Å². The summed E-state index contributed by atoms with van der Waals surface area (Å²) >= 11 is 1.56. The van der Waals surface area contributed by atoms with E-state index in [4.69, 9.17) is 4.53 Å². The second-order valence-electron chi connectivity index (χ2n) is 7.37. The zero-order valence-corrected chi connectivity index (χ0v) is 18.5. The molecule has 5 heteroatoms. The van der Waals surface area contributed by atoms with Crippen LogP contribution in [-0.2, 0) is 22.7 Å². The number of oxime groups is 1. The first-order chi connectivity index (χ1) is 14.8. The van der Waals surface area contributed by atoms with Crippen LogP contribution in [0.2, 0.25) is 0 Å². The molecule has 30 heavy (non-hydrogen) atoms. The summed E-state index contributed by atoms with van der Waals surface area (Å²) in [6.07, 6.45) is 3.53. The van der Waals surface area contributed by atoms with Crippen LogP contribution < -0.4 is 0 Å². The van der Waals surface area contributed by atoms with E-state index >= 15 is 0 Å². The maximum absolute atomic E-state index is 6.49. The van der Waals surface area contributed by atoms with Gasteiger partial charge in [0.05, 0.1) is 0 Å². The molecule has 0 fully saturated rings. The van der Waals surface area contributed by atoms with Gasteiger partial charge in [-0.2, -0.15) is 0 Å². The van der Waals surface area contributed by atoms with E-state index in [1.165, 1.54) is 16.7 Å². The Morgan fingerprint density at radius 3 is 1.60 bits per heavy atom. The number of rotatable bonds is 9. The van der Waals surface area contributed by atoms with Crippen molar-refractivity contribution in [3.05, 3.63) is 124 Å². The first-order valence-electron chi connectivity index (χ1n) is 10.0. The summed E-state index contributed by atoms with van der Waals surface area (Å²) in [6.45, 7) is 0. The first kappa shape index (κ1) is 20.3. The Morgan fingerprint density at radius 2 is 1.20 bits per heavy atom. The minimum atomic E-state index is -2.37. The minimum absolute atomic E-state index is 0.858. The van der Waals surface area contributed by atoms with Crippen molar-refractivity contribution in [2.75, 3.05) is 0 Å². The molecule has 4 aromatic rings. The largest absolute Gasteiger partial charge is 0.454 e. The molecule has 0 atom stereocenters. The molecule has 0 aliphatic rings. The summed E-state index contributed by atoms with van der Waals surface area (Å²) in [6, 6.07) is 34.6. The van der Waals surface area contributed by atoms with Crippen LogP contribution in [0.25, 0.3) is 0 Å². The highest BCUT2D eigenvalue weighted by Crippen LogP contribution is 2.24. The number of nitrogens with zero attached hydrogens (tertiary/aromatic N) is 2. The Bertz CT molecular complexity index is 937. The Balaban J connectivity index is 1.69. The Kier molecular flexibility index (Phi) is 6.85. The minimum Gasteiger partial charge on any atom is -0.454 e. The van der Waals surface area contributed by atoms with Crippen LogP contribution in [-0.4, -0.2) is 19.5 Å². The fraction of sp³-hybridized carbons (Fsp3) is 0.120. The third-order valence-corrected chi connectivity index (χ3v) is 9.33. The van der Waals surface area contributed by atoms with Crippen LogP contribution >= 0.6 is 11.3 Å². The van der Waals surface area contributed by atoms with Gasteiger partial charge in [-0.1, -0.05) is 91.0 Å². The molecular formula is C25H24N2OSSi. The highest BCUT2D eigenvalue weighted by Gasteiger charge is 2.39. The molecule has 0 radical (unpaired) electrons. The van der Waals surface area contributed by atoms with Gasteiger partial charge in [0, 0.05) is 29.7 Å². The predicted molar refractivity (Wildman–Crippen MR) is 127 cm³/mol. The van der Waals surface area contributed by atoms with Crippen LogP contribution in [0.3, 0.4) is 0 Å². The fourth-order valence-electron chi connectivity index (χ4n) is 3.67. The molecular weight excluding hydrogens is 404 g/mol. The van der Waals surface area contributed by atoms with Crippen molar-refractivity contribution in [3.63, 3.8) is 0 Å². The second-order valence-corrected chi connectivity index (χ2v) is 11.9. The average Bonchev–Trinajstić information content (AvgIpc) is 3.29. The Hall–Kier alpha value is -3.02. The van der Waals surface area contributed by atoms with Gasteiger partial charge >= 0.3 is 0 Å². The smallest absolute Gasteiger partial charge is 0.300 e. The van der Waals surface area contributed by atoms with Crippen LogP contribution in [0.15, 0.2) is 108 Å². The lowest BCUT2D eigenvalue weighted by Gasteiger charge is -2.29. The highest BCUT2D eigenvalue weighted by atomic mass is 32.1. The van der Waals surface area contributed by atoms with Crippen LogP contribution in [0.4, 0.5) is 0 Å². The van der Waals surface area contributed by atoms with Crippen molar-refractivity contribution < 1.29 is 4.53 Å². The normalized spacial score (nSPS) is 11.6. The molecule has 0 unspecified atom stereocenters. The highest BCUT2D eigenvalue weighted by molar-refractivity contribution is 7.11. The molecule has 1 aromatic heterocycles. The maximum Gasteiger partial charge on any atom is 0.300 e. The monoisotopic (exact) mass is 428 g/mol. The number of thiazole rings is 1. The summed E-state index contributed by atoms with van der Waals surface area (Å²) in [5.41, 5.74) is 3.88. The standard InChI is InChI=1S/C25H24N2OSSi/c1-4-10-22(11-5-1)19-30(20-23-12-6-2-7-13-23,21-24-14-8-3-9-15-24)28-27-18-25-26-16-17-29-25/h1-18H,19-21H2/b27-18+. The van der Waals surface area contributed by atoms with Crippen molar-refractivity contribution in [3.8, 4) is 0 Å². The predicted octanol–water partition coefficient (Wildman–Crippen LogP) is 5.78. The lowest BCUT2D eigenvalue weighted by atomic mass is 10.2. The number of benzene rings is 3. The van der Waals surface area contributed by atoms with Gasteiger partial charge in [0.15, 0.2) is 0 Å². The van der Waals surface area contributed by atoms with E-state index in [9.17, 15) is 0 Å². The molecule has 0 N–H and O–H groups in total. The fourth-order valence-corrected chi connectivity index (χ4v) is 7.94. The molecule has 0 amide bonds. The zero-order valence-electron chi connectivity index (χ0n) is 16.7. The molecule has 1 heterocycles. The molecule has 0 spiro atoms. The van der Waals surface area contributed by atoms with Gasteiger partial charge in [-0.15, -0.1) is 16.5 Å². The number of hydrogen-bond acceptors (Lipinski definition) is 4. The van der Waals surface area contributed by atoms with Crippen molar-refractivity contribution in [2.45, 2.75) is 18.1 Å². The Morgan fingerprint density at radius 1 is 0.733 bits per heavy atom. The topological polar surface area (TPSA) is 34.5 Å². The van der Waals surface area contributed by atoms with Crippen LogP contribution in [0.1, 0.15) is 21.7 Å². The molecule has 150 valence electrons. The molecule has 0 bridgehead atoms. The van der Waals surface area contributed by atoms with Gasteiger partial charge in [0.2, 0.25) is 0 Å². The van der Waals surface area contributed by atoms with Crippen molar-refractivity contribution in [2.24, 2.45) is 5.16 Å². The lowest BCUT2D eigenvalue weighted by Crippen LogP contribution is -2.46. The van der Waals surface area contributed by atoms with E-state index in [0.717, 1.165) is 23.1 Å². The van der Waals surface area contributed by atoms with E-state index in [2.05, 4.69) is 101 Å². The molecule has 0 aliphatic carbocycles. The summed E-state index contributed by atoms with van der Waals surface area (Å²) in [4.78, 5) is 4.29. The van der Waals surface area contributed by atoms with E-state index in [1.807, 2.05) is 5.38 Å². The third kappa shape index (κ3) is 5.75. The van der Waals surface area contributed by atoms with Gasteiger partial charge in [-0.25, -0.2) is 4.98 Å². The van der Waals surface area contributed by atoms with E-state index < -0.39 is 8.32 Å². The van der Waals surface area contributed by atoms with Crippen molar-refractivity contribution in [1.82, 2.24) is 4.98 Å². The van der Waals surface area contributed by atoms with Gasteiger partial charge in [-0.05, 0) is 16.7 Å². The van der Waals surface area contributed by atoms with E-state index in [0.29, 0.717) is 0 Å². The molecule has 0 aliphatic heterocycles. The molecule has 4 rings (SSSR count). The second kappa shape index (κ2) is 10.1.